The summed E-state index contributed by atoms with van der Waals surface area (Å²) < 4.78 is 0. The summed E-state index contributed by atoms with van der Waals surface area (Å²) in [5.74, 6) is 0. The fraction of sp³-hybridized carbons (Fsp3) is 0.158. The molecule has 4 nitrogen and oxygen atoms in total. The summed E-state index contributed by atoms with van der Waals surface area (Å²) in [4.78, 5) is 18.3. The molecule has 0 aliphatic carbocycles. The van der Waals surface area contributed by atoms with Crippen molar-refractivity contribution in [3.8, 4) is 0 Å². The summed E-state index contributed by atoms with van der Waals surface area (Å²) in [6, 6.07) is 17.8. The van der Waals surface area contributed by atoms with Gasteiger partial charge in [-0.1, -0.05) is 30.3 Å². The molecule has 3 aromatic rings. The third kappa shape index (κ3) is 3.66. The number of amides is 2. The number of benzene rings is 2. The monoisotopic (exact) mass is 305 g/mol. The smallest absolute Gasteiger partial charge is 0.320 e. The van der Waals surface area contributed by atoms with Crippen LogP contribution in [0.3, 0.4) is 0 Å². The molecule has 3 rings (SSSR count). The molecule has 0 spiro atoms. The van der Waals surface area contributed by atoms with Gasteiger partial charge in [0, 0.05) is 31.2 Å². The molecule has 1 heterocycles. The van der Waals surface area contributed by atoms with Crippen molar-refractivity contribution in [1.29, 1.82) is 0 Å². The minimum Gasteiger partial charge on any atom is -0.320 e. The molecule has 0 fully saturated rings. The molecule has 0 atom stereocenters. The Morgan fingerprint density at radius 3 is 2.52 bits per heavy atom. The van der Waals surface area contributed by atoms with Crippen molar-refractivity contribution in [2.24, 2.45) is 0 Å². The van der Waals surface area contributed by atoms with Gasteiger partial charge in [-0.2, -0.15) is 0 Å². The molecule has 2 aromatic carbocycles. The third-order valence-corrected chi connectivity index (χ3v) is 3.79. The van der Waals surface area contributed by atoms with Crippen molar-refractivity contribution < 1.29 is 4.79 Å². The molecule has 0 unspecified atom stereocenters. The van der Waals surface area contributed by atoms with Crippen LogP contribution in [0, 0.1) is 0 Å². The van der Waals surface area contributed by atoms with Crippen LogP contribution < -0.4 is 5.32 Å². The Bertz CT molecular complexity index is 802. The molecular formula is C19H19N3O. The summed E-state index contributed by atoms with van der Waals surface area (Å²) in [5.41, 5.74) is 1.87. The van der Waals surface area contributed by atoms with Crippen LogP contribution in [0.4, 0.5) is 10.5 Å². The summed E-state index contributed by atoms with van der Waals surface area (Å²) in [6.07, 6.45) is 3.48. The summed E-state index contributed by atoms with van der Waals surface area (Å²) in [7, 11) is 0. The Labute approximate surface area is 135 Å². The Morgan fingerprint density at radius 1 is 1.04 bits per heavy atom. The number of hydrogen-bond acceptors (Lipinski definition) is 2. The van der Waals surface area contributed by atoms with Gasteiger partial charge >= 0.3 is 6.03 Å². The molecule has 1 aromatic heterocycles. The van der Waals surface area contributed by atoms with Crippen molar-refractivity contribution in [1.82, 2.24) is 9.88 Å². The number of fused-ring (bicyclic) bond motifs is 1. The maximum absolute atomic E-state index is 12.5. The van der Waals surface area contributed by atoms with Gasteiger partial charge in [0.2, 0.25) is 0 Å². The Kier molecular flexibility index (Phi) is 4.52. The second-order valence-corrected chi connectivity index (χ2v) is 5.36. The first-order chi connectivity index (χ1) is 11.3. The molecule has 0 saturated heterocycles. The van der Waals surface area contributed by atoms with E-state index in [4.69, 9.17) is 0 Å². The lowest BCUT2D eigenvalue weighted by Crippen LogP contribution is -2.34. The molecule has 116 valence electrons. The zero-order valence-electron chi connectivity index (χ0n) is 13.1. The van der Waals surface area contributed by atoms with Gasteiger partial charge < -0.3 is 10.2 Å². The third-order valence-electron chi connectivity index (χ3n) is 3.79. The van der Waals surface area contributed by atoms with E-state index in [2.05, 4.69) is 16.4 Å². The molecule has 0 radical (unpaired) electrons. The van der Waals surface area contributed by atoms with E-state index in [1.165, 1.54) is 0 Å². The van der Waals surface area contributed by atoms with Crippen LogP contribution in [-0.4, -0.2) is 22.5 Å². The van der Waals surface area contributed by atoms with Gasteiger partial charge in [0.05, 0.1) is 0 Å². The number of carbonyl (C=O) groups is 1. The van der Waals surface area contributed by atoms with E-state index in [1.807, 2.05) is 55.5 Å². The average Bonchev–Trinajstić information content (AvgIpc) is 2.60. The zero-order chi connectivity index (χ0) is 16.1. The van der Waals surface area contributed by atoms with Gasteiger partial charge in [0.25, 0.3) is 0 Å². The van der Waals surface area contributed by atoms with E-state index in [-0.39, 0.29) is 6.03 Å². The lowest BCUT2D eigenvalue weighted by atomic mass is 10.1. The van der Waals surface area contributed by atoms with Crippen molar-refractivity contribution in [3.05, 3.63) is 72.6 Å². The first-order valence-corrected chi connectivity index (χ1v) is 7.70. The summed E-state index contributed by atoms with van der Waals surface area (Å²) in [6.45, 7) is 3.18. The number of aromatic nitrogens is 1. The molecular weight excluding hydrogens is 286 g/mol. The van der Waals surface area contributed by atoms with Crippen LogP contribution in [0.5, 0.6) is 0 Å². The minimum absolute atomic E-state index is 0.0976. The molecule has 0 aliphatic rings. The highest BCUT2D eigenvalue weighted by Gasteiger charge is 2.12. The SMILES string of the molecule is CCN(Cc1ccncc1)C(=O)Nc1ccc2ccccc2c1. The maximum atomic E-state index is 12.5. The fourth-order valence-corrected chi connectivity index (χ4v) is 2.51. The normalized spacial score (nSPS) is 10.5. The number of anilines is 1. The highest BCUT2D eigenvalue weighted by atomic mass is 16.2. The van der Waals surface area contributed by atoms with E-state index in [9.17, 15) is 4.79 Å². The van der Waals surface area contributed by atoms with Crippen molar-refractivity contribution in [2.75, 3.05) is 11.9 Å². The number of urea groups is 1. The van der Waals surface area contributed by atoms with Gasteiger partial charge in [-0.05, 0) is 47.5 Å². The summed E-state index contributed by atoms with van der Waals surface area (Å²) >= 11 is 0. The first kappa shape index (κ1) is 15.0. The van der Waals surface area contributed by atoms with E-state index in [0.717, 1.165) is 22.0 Å². The molecule has 0 aliphatic heterocycles. The van der Waals surface area contributed by atoms with Crippen LogP contribution >= 0.6 is 0 Å². The van der Waals surface area contributed by atoms with Crippen molar-refractivity contribution in [2.45, 2.75) is 13.5 Å². The number of pyridine rings is 1. The van der Waals surface area contributed by atoms with Crippen LogP contribution in [-0.2, 0) is 6.54 Å². The Hall–Kier alpha value is -2.88. The van der Waals surface area contributed by atoms with Crippen LogP contribution in [0.25, 0.3) is 10.8 Å². The molecule has 2 amide bonds. The quantitative estimate of drug-likeness (QED) is 0.781. The van der Waals surface area contributed by atoms with Gasteiger partial charge in [-0.25, -0.2) is 4.79 Å². The van der Waals surface area contributed by atoms with Gasteiger partial charge in [0.15, 0.2) is 0 Å². The van der Waals surface area contributed by atoms with Crippen molar-refractivity contribution >= 4 is 22.5 Å². The molecule has 4 heteroatoms. The van der Waals surface area contributed by atoms with E-state index in [0.29, 0.717) is 13.1 Å². The fourth-order valence-electron chi connectivity index (χ4n) is 2.51. The average molecular weight is 305 g/mol. The molecule has 23 heavy (non-hydrogen) atoms. The van der Waals surface area contributed by atoms with Gasteiger partial charge in [0.1, 0.15) is 0 Å². The maximum Gasteiger partial charge on any atom is 0.322 e. The lowest BCUT2D eigenvalue weighted by Gasteiger charge is -2.21. The Balaban J connectivity index is 1.73. The molecule has 0 saturated carbocycles. The zero-order valence-corrected chi connectivity index (χ0v) is 13.1. The Morgan fingerprint density at radius 2 is 1.78 bits per heavy atom. The molecule has 0 bridgehead atoms. The predicted octanol–water partition coefficient (Wildman–Crippen LogP) is 4.29. The number of rotatable bonds is 4. The topological polar surface area (TPSA) is 45.2 Å². The minimum atomic E-state index is -0.0976. The standard InChI is InChI=1S/C19H19N3O/c1-2-22(14-15-9-11-20-12-10-15)19(23)21-18-8-7-16-5-3-4-6-17(16)13-18/h3-13H,2,14H2,1H3,(H,21,23). The van der Waals surface area contributed by atoms with Crippen LogP contribution in [0.1, 0.15) is 12.5 Å². The van der Waals surface area contributed by atoms with Crippen LogP contribution in [0.15, 0.2) is 67.0 Å². The second-order valence-electron chi connectivity index (χ2n) is 5.36. The largest absolute Gasteiger partial charge is 0.322 e. The van der Waals surface area contributed by atoms with E-state index >= 15 is 0 Å². The second kappa shape index (κ2) is 6.92. The highest BCUT2D eigenvalue weighted by Crippen LogP contribution is 2.19. The van der Waals surface area contributed by atoms with Crippen molar-refractivity contribution in [3.63, 3.8) is 0 Å². The van der Waals surface area contributed by atoms with E-state index in [1.54, 1.807) is 17.3 Å². The lowest BCUT2D eigenvalue weighted by molar-refractivity contribution is 0.212. The van der Waals surface area contributed by atoms with E-state index < -0.39 is 0 Å². The van der Waals surface area contributed by atoms with Gasteiger partial charge in [-0.3, -0.25) is 4.98 Å². The first-order valence-electron chi connectivity index (χ1n) is 7.70. The van der Waals surface area contributed by atoms with Gasteiger partial charge in [-0.15, -0.1) is 0 Å². The van der Waals surface area contributed by atoms with Crippen LogP contribution in [0.2, 0.25) is 0 Å². The molecule has 1 N–H and O–H groups in total. The summed E-state index contributed by atoms with van der Waals surface area (Å²) in [5, 5.41) is 5.25. The number of nitrogens with zero attached hydrogens (tertiary/aromatic N) is 2. The number of hydrogen-bond donors (Lipinski definition) is 1. The number of carbonyl (C=O) groups excluding carboxylic acids is 1. The predicted molar refractivity (Wildman–Crippen MR) is 93.3 cm³/mol. The highest BCUT2D eigenvalue weighted by molar-refractivity contribution is 5.93. The number of nitrogens with one attached hydrogen (secondary N) is 1.